The summed E-state index contributed by atoms with van der Waals surface area (Å²) in [6.45, 7) is 2.07. The van der Waals surface area contributed by atoms with Crippen LogP contribution in [0.1, 0.15) is 12.6 Å². The lowest BCUT2D eigenvalue weighted by atomic mass is 10.2. The zero-order chi connectivity index (χ0) is 17.4. The molecule has 0 fully saturated rings. The van der Waals surface area contributed by atoms with Crippen LogP contribution in [0.4, 0.5) is 15.3 Å². The standard InChI is InChI=1S/C18H16FN5S/c1-3-14-17(24-16(21-14)5-4-10-20-24)23(2)18-22-15(11-25-18)12-6-8-13(19)9-7-12/h4-11H,3H2,1-2H3. The maximum atomic E-state index is 13.1. The first-order valence-electron chi connectivity index (χ1n) is 7.95. The number of anilines is 2. The number of imidazole rings is 1. The molecule has 126 valence electrons. The molecule has 0 unspecified atom stereocenters. The molecule has 4 aromatic rings. The number of thiazole rings is 1. The molecule has 0 spiro atoms. The lowest BCUT2D eigenvalue weighted by molar-refractivity contribution is 0.628. The molecule has 0 aliphatic heterocycles. The molecule has 0 saturated carbocycles. The van der Waals surface area contributed by atoms with E-state index in [4.69, 9.17) is 4.98 Å². The van der Waals surface area contributed by atoms with Gasteiger partial charge in [0, 0.05) is 24.2 Å². The summed E-state index contributed by atoms with van der Waals surface area (Å²) in [6.07, 6.45) is 2.55. The van der Waals surface area contributed by atoms with E-state index in [1.54, 1.807) is 18.3 Å². The highest BCUT2D eigenvalue weighted by molar-refractivity contribution is 7.14. The first kappa shape index (κ1) is 15.7. The highest BCUT2D eigenvalue weighted by Gasteiger charge is 2.19. The molecular weight excluding hydrogens is 337 g/mol. The first-order chi connectivity index (χ1) is 12.2. The van der Waals surface area contributed by atoms with E-state index < -0.39 is 0 Å². The normalized spacial score (nSPS) is 11.2. The van der Waals surface area contributed by atoms with Crippen molar-refractivity contribution in [2.24, 2.45) is 0 Å². The van der Waals surface area contributed by atoms with Crippen LogP contribution in [0.25, 0.3) is 16.9 Å². The van der Waals surface area contributed by atoms with Gasteiger partial charge in [-0.2, -0.15) is 9.61 Å². The van der Waals surface area contributed by atoms with Gasteiger partial charge in [-0.1, -0.05) is 6.92 Å². The lowest BCUT2D eigenvalue weighted by Crippen LogP contribution is -2.14. The molecule has 3 heterocycles. The third kappa shape index (κ3) is 2.76. The van der Waals surface area contributed by atoms with E-state index in [0.717, 1.165) is 40.0 Å². The van der Waals surface area contributed by atoms with Crippen LogP contribution in [0.5, 0.6) is 0 Å². The fraction of sp³-hybridized carbons (Fsp3) is 0.167. The number of aryl methyl sites for hydroxylation is 1. The number of fused-ring (bicyclic) bond motifs is 1. The van der Waals surface area contributed by atoms with Gasteiger partial charge in [-0.25, -0.2) is 14.4 Å². The molecule has 0 amide bonds. The third-order valence-electron chi connectivity index (χ3n) is 4.01. The van der Waals surface area contributed by atoms with E-state index in [-0.39, 0.29) is 5.82 Å². The summed E-state index contributed by atoms with van der Waals surface area (Å²) >= 11 is 1.53. The minimum atomic E-state index is -0.249. The Morgan fingerprint density at radius 1 is 1.16 bits per heavy atom. The summed E-state index contributed by atoms with van der Waals surface area (Å²) in [5.74, 6) is 0.666. The number of nitrogens with zero attached hydrogens (tertiary/aromatic N) is 5. The maximum Gasteiger partial charge on any atom is 0.191 e. The molecule has 0 aliphatic carbocycles. The van der Waals surface area contributed by atoms with Gasteiger partial charge in [0.05, 0.1) is 11.4 Å². The third-order valence-corrected chi connectivity index (χ3v) is 4.93. The van der Waals surface area contributed by atoms with E-state index in [9.17, 15) is 4.39 Å². The quantitative estimate of drug-likeness (QED) is 0.548. The van der Waals surface area contributed by atoms with Gasteiger partial charge in [-0.15, -0.1) is 11.3 Å². The fourth-order valence-electron chi connectivity index (χ4n) is 2.76. The Balaban J connectivity index is 1.75. The summed E-state index contributed by atoms with van der Waals surface area (Å²) in [7, 11) is 1.96. The second-order valence-electron chi connectivity index (χ2n) is 5.61. The van der Waals surface area contributed by atoms with Gasteiger partial charge in [0.1, 0.15) is 5.82 Å². The van der Waals surface area contributed by atoms with Gasteiger partial charge >= 0.3 is 0 Å². The number of halogens is 1. The SMILES string of the molecule is CCc1nc2cccnn2c1N(C)c1nc(-c2ccc(F)cc2)cs1. The van der Waals surface area contributed by atoms with Gasteiger partial charge in [0.25, 0.3) is 0 Å². The molecule has 7 heteroatoms. The van der Waals surface area contributed by atoms with Gasteiger partial charge in [0.15, 0.2) is 16.6 Å². The fourth-order valence-corrected chi connectivity index (χ4v) is 3.56. The van der Waals surface area contributed by atoms with Crippen LogP contribution < -0.4 is 4.90 Å². The second kappa shape index (κ2) is 6.25. The Morgan fingerprint density at radius 3 is 2.72 bits per heavy atom. The molecule has 1 aromatic carbocycles. The monoisotopic (exact) mass is 353 g/mol. The number of hydrogen-bond acceptors (Lipinski definition) is 5. The molecule has 3 aromatic heterocycles. The Labute approximate surface area is 148 Å². The molecule has 5 nitrogen and oxygen atoms in total. The Morgan fingerprint density at radius 2 is 1.96 bits per heavy atom. The molecule has 0 saturated heterocycles. The zero-order valence-corrected chi connectivity index (χ0v) is 14.7. The Hall–Kier alpha value is -2.80. The minimum absolute atomic E-state index is 0.249. The molecule has 0 atom stereocenters. The summed E-state index contributed by atoms with van der Waals surface area (Å²) in [5, 5.41) is 7.23. The van der Waals surface area contributed by atoms with E-state index in [0.29, 0.717) is 0 Å². The van der Waals surface area contributed by atoms with Crippen LogP contribution in [0.3, 0.4) is 0 Å². The number of aromatic nitrogens is 4. The van der Waals surface area contributed by atoms with E-state index in [1.165, 1.54) is 23.5 Å². The molecule has 25 heavy (non-hydrogen) atoms. The smallest absolute Gasteiger partial charge is 0.191 e. The molecule has 0 aliphatic rings. The summed E-state index contributed by atoms with van der Waals surface area (Å²) in [5.41, 5.74) is 3.51. The van der Waals surface area contributed by atoms with Gasteiger partial charge in [0.2, 0.25) is 0 Å². The summed E-state index contributed by atoms with van der Waals surface area (Å²) < 4.78 is 14.9. The van der Waals surface area contributed by atoms with Crippen LogP contribution in [-0.2, 0) is 6.42 Å². The average Bonchev–Trinajstić information content (AvgIpc) is 3.26. The van der Waals surface area contributed by atoms with Crippen molar-refractivity contribution in [1.82, 2.24) is 19.6 Å². The molecule has 4 rings (SSSR count). The van der Waals surface area contributed by atoms with Gasteiger partial charge < -0.3 is 4.90 Å². The van der Waals surface area contributed by atoms with E-state index in [1.807, 2.05) is 34.0 Å². The molecule has 0 N–H and O–H groups in total. The summed E-state index contributed by atoms with van der Waals surface area (Å²) in [6, 6.07) is 10.2. The van der Waals surface area contributed by atoms with Crippen LogP contribution in [-0.4, -0.2) is 26.6 Å². The largest absolute Gasteiger partial charge is 0.304 e. The highest BCUT2D eigenvalue weighted by Crippen LogP contribution is 2.33. The van der Waals surface area contributed by atoms with Gasteiger partial charge in [-0.05, 0) is 42.8 Å². The number of rotatable bonds is 4. The van der Waals surface area contributed by atoms with Crippen molar-refractivity contribution in [3.63, 3.8) is 0 Å². The van der Waals surface area contributed by atoms with Crippen molar-refractivity contribution in [3.8, 4) is 11.3 Å². The van der Waals surface area contributed by atoms with Crippen molar-refractivity contribution < 1.29 is 4.39 Å². The number of hydrogen-bond donors (Lipinski definition) is 0. The van der Waals surface area contributed by atoms with Crippen LogP contribution in [0, 0.1) is 5.82 Å². The van der Waals surface area contributed by atoms with E-state index in [2.05, 4.69) is 17.0 Å². The maximum absolute atomic E-state index is 13.1. The van der Waals surface area contributed by atoms with Crippen LogP contribution >= 0.6 is 11.3 Å². The lowest BCUT2D eigenvalue weighted by Gasteiger charge is -2.16. The number of benzene rings is 1. The Bertz CT molecular complexity index is 1020. The van der Waals surface area contributed by atoms with E-state index >= 15 is 0 Å². The first-order valence-corrected chi connectivity index (χ1v) is 8.83. The minimum Gasteiger partial charge on any atom is -0.304 e. The van der Waals surface area contributed by atoms with Gasteiger partial charge in [-0.3, -0.25) is 0 Å². The predicted molar refractivity (Wildman–Crippen MR) is 97.9 cm³/mol. The second-order valence-corrected chi connectivity index (χ2v) is 6.45. The zero-order valence-electron chi connectivity index (χ0n) is 13.8. The molecule has 0 radical (unpaired) electrons. The molecule has 0 bridgehead atoms. The van der Waals surface area contributed by atoms with Crippen molar-refractivity contribution >= 4 is 27.9 Å². The average molecular weight is 353 g/mol. The van der Waals surface area contributed by atoms with Crippen molar-refractivity contribution in [2.75, 3.05) is 11.9 Å². The molecular formula is C18H16FN5S. The summed E-state index contributed by atoms with van der Waals surface area (Å²) in [4.78, 5) is 11.4. The topological polar surface area (TPSA) is 46.3 Å². The predicted octanol–water partition coefficient (Wildman–Crippen LogP) is 4.32. The Kier molecular flexibility index (Phi) is 3.93. The van der Waals surface area contributed by atoms with Crippen molar-refractivity contribution in [3.05, 3.63) is 59.5 Å². The van der Waals surface area contributed by atoms with Crippen LogP contribution in [0.2, 0.25) is 0 Å². The van der Waals surface area contributed by atoms with Crippen molar-refractivity contribution in [1.29, 1.82) is 0 Å². The van der Waals surface area contributed by atoms with Crippen molar-refractivity contribution in [2.45, 2.75) is 13.3 Å². The highest BCUT2D eigenvalue weighted by atomic mass is 32.1. The van der Waals surface area contributed by atoms with Crippen LogP contribution in [0.15, 0.2) is 48.0 Å².